The van der Waals surface area contributed by atoms with E-state index >= 15 is 0 Å². The van der Waals surface area contributed by atoms with E-state index in [1.165, 1.54) is 12.0 Å². The average molecular weight is 465 g/mol. The Kier molecular flexibility index (Phi) is 8.71. The minimum Gasteiger partial charge on any atom is -0.445 e. The van der Waals surface area contributed by atoms with Crippen LogP contribution in [0.1, 0.15) is 53.5 Å². The second-order valence-corrected chi connectivity index (χ2v) is 9.95. The fourth-order valence-electron chi connectivity index (χ4n) is 3.38. The van der Waals surface area contributed by atoms with Crippen molar-refractivity contribution in [2.75, 3.05) is 20.2 Å². The lowest BCUT2D eigenvalue weighted by Gasteiger charge is -2.42. The predicted octanol–water partition coefficient (Wildman–Crippen LogP) is 4.58. The highest BCUT2D eigenvalue weighted by Crippen LogP contribution is 2.24. The molecular weight excluding hydrogens is 428 g/mol. The molecule has 0 bridgehead atoms. The summed E-state index contributed by atoms with van der Waals surface area (Å²) in [6.45, 7) is 10.8. The van der Waals surface area contributed by atoms with Crippen LogP contribution < -0.4 is 0 Å². The first kappa shape index (κ1) is 26.4. The molecule has 0 aromatic heterocycles. The lowest BCUT2D eigenvalue weighted by atomic mass is 10.0. The highest BCUT2D eigenvalue weighted by Gasteiger charge is 2.44. The summed E-state index contributed by atoms with van der Waals surface area (Å²) in [6.07, 6.45) is -2.34. The number of amides is 3. The standard InChI is InChI=1S/C24H36N2O7/c1-23(2,3)32-21(28)26(22(29)33-24(4,5)6)18-15-25(14-13-19(18)30-7)20(27)31-16-17-11-9-8-10-12-17/h8-12,18-19H,13-16H2,1-7H3/t18-,19-/m1/s1. The first-order valence-electron chi connectivity index (χ1n) is 11.0. The van der Waals surface area contributed by atoms with E-state index < -0.39 is 41.6 Å². The third-order valence-corrected chi connectivity index (χ3v) is 4.80. The van der Waals surface area contributed by atoms with Gasteiger partial charge in [0, 0.05) is 20.2 Å². The maximum Gasteiger partial charge on any atom is 0.420 e. The summed E-state index contributed by atoms with van der Waals surface area (Å²) in [4.78, 5) is 41.2. The third kappa shape index (κ3) is 8.24. The van der Waals surface area contributed by atoms with Gasteiger partial charge >= 0.3 is 18.3 Å². The monoisotopic (exact) mass is 464 g/mol. The van der Waals surface area contributed by atoms with Gasteiger partial charge in [0.25, 0.3) is 0 Å². The average Bonchev–Trinajstić information content (AvgIpc) is 2.70. The molecule has 0 saturated carbocycles. The van der Waals surface area contributed by atoms with E-state index in [9.17, 15) is 14.4 Å². The minimum absolute atomic E-state index is 0.0324. The summed E-state index contributed by atoms with van der Waals surface area (Å²) in [6, 6.07) is 8.52. The number of imide groups is 1. The van der Waals surface area contributed by atoms with Gasteiger partial charge in [-0.2, -0.15) is 0 Å². The summed E-state index contributed by atoms with van der Waals surface area (Å²) < 4.78 is 22.0. The Morgan fingerprint density at radius 1 is 0.970 bits per heavy atom. The topological polar surface area (TPSA) is 94.6 Å². The van der Waals surface area contributed by atoms with Crippen LogP contribution in [0.2, 0.25) is 0 Å². The summed E-state index contributed by atoms with van der Waals surface area (Å²) in [5, 5.41) is 0. The molecule has 0 N–H and O–H groups in total. The zero-order valence-corrected chi connectivity index (χ0v) is 20.6. The van der Waals surface area contributed by atoms with Crippen molar-refractivity contribution >= 4 is 18.3 Å². The molecule has 1 aliphatic heterocycles. The molecule has 2 atom stereocenters. The molecule has 1 aromatic carbocycles. The van der Waals surface area contributed by atoms with Crippen molar-refractivity contribution in [2.45, 2.75) is 77.9 Å². The van der Waals surface area contributed by atoms with Crippen molar-refractivity contribution in [2.24, 2.45) is 0 Å². The number of hydrogen-bond acceptors (Lipinski definition) is 7. The number of hydrogen-bond donors (Lipinski definition) is 0. The normalized spacial score (nSPS) is 18.9. The van der Waals surface area contributed by atoms with Gasteiger partial charge in [0.05, 0.1) is 12.1 Å². The van der Waals surface area contributed by atoms with Crippen LogP contribution in [0.15, 0.2) is 30.3 Å². The highest BCUT2D eigenvalue weighted by molar-refractivity contribution is 5.89. The molecule has 33 heavy (non-hydrogen) atoms. The Morgan fingerprint density at radius 3 is 2.00 bits per heavy atom. The van der Waals surface area contributed by atoms with Gasteiger partial charge in [-0.1, -0.05) is 30.3 Å². The maximum absolute atomic E-state index is 13.0. The van der Waals surface area contributed by atoms with Gasteiger partial charge in [0.1, 0.15) is 17.8 Å². The Labute approximate surface area is 195 Å². The molecule has 1 heterocycles. The molecule has 0 radical (unpaired) electrons. The molecule has 0 aliphatic carbocycles. The van der Waals surface area contributed by atoms with Crippen molar-refractivity contribution in [1.82, 2.24) is 9.80 Å². The number of piperidine rings is 1. The van der Waals surface area contributed by atoms with E-state index in [-0.39, 0.29) is 13.2 Å². The van der Waals surface area contributed by atoms with E-state index in [4.69, 9.17) is 18.9 Å². The van der Waals surface area contributed by atoms with E-state index in [0.717, 1.165) is 10.5 Å². The van der Waals surface area contributed by atoms with Gasteiger partial charge in [-0.3, -0.25) is 0 Å². The molecule has 184 valence electrons. The second kappa shape index (κ2) is 10.9. The number of rotatable bonds is 4. The fraction of sp³-hybridized carbons (Fsp3) is 0.625. The minimum atomic E-state index is -0.858. The second-order valence-electron chi connectivity index (χ2n) is 9.95. The van der Waals surface area contributed by atoms with Gasteiger partial charge in [-0.25, -0.2) is 19.3 Å². The summed E-state index contributed by atoms with van der Waals surface area (Å²) in [5.41, 5.74) is -0.801. The molecule has 3 amide bonds. The van der Waals surface area contributed by atoms with E-state index in [0.29, 0.717) is 13.0 Å². The van der Waals surface area contributed by atoms with Crippen LogP contribution in [0.5, 0.6) is 0 Å². The Morgan fingerprint density at radius 2 is 1.52 bits per heavy atom. The van der Waals surface area contributed by atoms with Gasteiger partial charge in [0.15, 0.2) is 0 Å². The number of nitrogens with zero attached hydrogens (tertiary/aromatic N) is 2. The number of benzene rings is 1. The zero-order chi connectivity index (χ0) is 24.8. The molecular formula is C24H36N2O7. The van der Waals surface area contributed by atoms with Crippen LogP contribution in [0.3, 0.4) is 0 Å². The van der Waals surface area contributed by atoms with Crippen molar-refractivity contribution in [3.63, 3.8) is 0 Å². The van der Waals surface area contributed by atoms with Crippen LogP contribution in [0, 0.1) is 0 Å². The lowest BCUT2D eigenvalue weighted by Crippen LogP contribution is -2.61. The van der Waals surface area contributed by atoms with Gasteiger partial charge < -0.3 is 23.8 Å². The zero-order valence-electron chi connectivity index (χ0n) is 20.6. The van der Waals surface area contributed by atoms with Crippen molar-refractivity contribution < 1.29 is 33.3 Å². The van der Waals surface area contributed by atoms with E-state index in [2.05, 4.69) is 0 Å². The van der Waals surface area contributed by atoms with Crippen LogP contribution >= 0.6 is 0 Å². The van der Waals surface area contributed by atoms with Crippen LogP contribution in [0.25, 0.3) is 0 Å². The highest BCUT2D eigenvalue weighted by atomic mass is 16.6. The lowest BCUT2D eigenvalue weighted by molar-refractivity contribution is -0.0535. The van der Waals surface area contributed by atoms with Crippen LogP contribution in [0.4, 0.5) is 14.4 Å². The summed E-state index contributed by atoms with van der Waals surface area (Å²) >= 11 is 0. The van der Waals surface area contributed by atoms with E-state index in [1.54, 1.807) is 41.5 Å². The van der Waals surface area contributed by atoms with Gasteiger partial charge in [-0.15, -0.1) is 0 Å². The molecule has 2 rings (SSSR count). The number of likely N-dealkylation sites (tertiary alicyclic amines) is 1. The maximum atomic E-state index is 13.0. The number of carbonyl (C=O) groups is 3. The quantitative estimate of drug-likeness (QED) is 0.602. The Balaban J connectivity index is 2.22. The number of ether oxygens (including phenoxy) is 4. The van der Waals surface area contributed by atoms with E-state index in [1.807, 2.05) is 30.3 Å². The number of methoxy groups -OCH3 is 1. The van der Waals surface area contributed by atoms with Crippen LogP contribution in [-0.4, -0.2) is 71.6 Å². The SMILES string of the molecule is CO[C@@H]1CCN(C(=O)OCc2ccccc2)C[C@H]1N(C(=O)OC(C)(C)C)C(=O)OC(C)(C)C. The predicted molar refractivity (Wildman–Crippen MR) is 122 cm³/mol. The van der Waals surface area contributed by atoms with Crippen molar-refractivity contribution in [3.8, 4) is 0 Å². The fourth-order valence-corrected chi connectivity index (χ4v) is 3.38. The molecule has 1 fully saturated rings. The molecule has 1 aromatic rings. The van der Waals surface area contributed by atoms with Gasteiger partial charge in [-0.05, 0) is 53.5 Å². The Hall–Kier alpha value is -2.81. The third-order valence-electron chi connectivity index (χ3n) is 4.80. The first-order valence-corrected chi connectivity index (χ1v) is 11.0. The first-order chi connectivity index (χ1) is 15.3. The molecule has 1 aliphatic rings. The molecule has 0 spiro atoms. The van der Waals surface area contributed by atoms with Crippen LogP contribution in [-0.2, 0) is 25.6 Å². The smallest absolute Gasteiger partial charge is 0.420 e. The summed E-state index contributed by atoms with van der Waals surface area (Å²) in [5.74, 6) is 0. The molecule has 1 saturated heterocycles. The number of carbonyl (C=O) groups excluding carboxylic acids is 3. The molecule has 9 nitrogen and oxygen atoms in total. The van der Waals surface area contributed by atoms with Crippen molar-refractivity contribution in [1.29, 1.82) is 0 Å². The molecule has 0 unspecified atom stereocenters. The largest absolute Gasteiger partial charge is 0.445 e. The van der Waals surface area contributed by atoms with Crippen molar-refractivity contribution in [3.05, 3.63) is 35.9 Å². The summed E-state index contributed by atoms with van der Waals surface area (Å²) in [7, 11) is 1.50. The Bertz CT molecular complexity index is 786. The van der Waals surface area contributed by atoms with Gasteiger partial charge in [0.2, 0.25) is 0 Å². The molecule has 9 heteroatoms.